The number of amides is 2. The average molecular weight is 284 g/mol. The zero-order valence-electron chi connectivity index (χ0n) is 10.6. The quantitative estimate of drug-likeness (QED) is 0.791. The molecule has 0 aromatic heterocycles. The van der Waals surface area contributed by atoms with E-state index in [2.05, 4.69) is 16.0 Å². The van der Waals surface area contributed by atoms with Crippen LogP contribution in [0.2, 0.25) is 5.02 Å². The molecule has 0 radical (unpaired) electrons. The summed E-state index contributed by atoms with van der Waals surface area (Å²) in [4.78, 5) is 11.8. The molecule has 19 heavy (non-hydrogen) atoms. The highest BCUT2D eigenvalue weighted by Gasteiger charge is 2.13. The van der Waals surface area contributed by atoms with Gasteiger partial charge in [0.1, 0.15) is 0 Å². The number of benzene rings is 1. The molecule has 2 amide bonds. The van der Waals surface area contributed by atoms with Crippen LogP contribution >= 0.6 is 11.6 Å². The summed E-state index contributed by atoms with van der Waals surface area (Å²) < 4.78 is 5.42. The third-order valence-electron chi connectivity index (χ3n) is 2.88. The van der Waals surface area contributed by atoms with Crippen LogP contribution in [0.4, 0.5) is 10.5 Å². The summed E-state index contributed by atoms with van der Waals surface area (Å²) in [6.45, 7) is 3.68. The van der Waals surface area contributed by atoms with Gasteiger partial charge in [-0.15, -0.1) is 0 Å². The Bertz CT molecular complexity index is 420. The first kappa shape index (κ1) is 14.1. The molecule has 6 heteroatoms. The average Bonchev–Trinajstić information content (AvgIpc) is 2.68. The summed E-state index contributed by atoms with van der Waals surface area (Å²) in [6, 6.07) is 6.89. The summed E-state index contributed by atoms with van der Waals surface area (Å²) in [5, 5.41) is 9.34. The van der Waals surface area contributed by atoms with Gasteiger partial charge in [-0.2, -0.15) is 0 Å². The minimum Gasteiger partial charge on any atom is -0.380 e. The number of hydrogen-bond donors (Lipinski definition) is 3. The van der Waals surface area contributed by atoms with Crippen molar-refractivity contribution in [2.24, 2.45) is 5.92 Å². The smallest absolute Gasteiger partial charge is 0.319 e. The third-order valence-corrected chi connectivity index (χ3v) is 3.21. The molecule has 1 aliphatic rings. The second-order valence-corrected chi connectivity index (χ2v) is 4.87. The van der Waals surface area contributed by atoms with Gasteiger partial charge < -0.3 is 20.7 Å². The molecule has 1 unspecified atom stereocenters. The molecular formula is C13H18ClN3O2. The van der Waals surface area contributed by atoms with Crippen molar-refractivity contribution in [3.63, 3.8) is 0 Å². The number of para-hydroxylation sites is 1. The Labute approximate surface area is 117 Å². The molecule has 0 saturated carbocycles. The van der Waals surface area contributed by atoms with Crippen LogP contribution in [0, 0.1) is 5.92 Å². The molecule has 1 atom stereocenters. The van der Waals surface area contributed by atoms with Gasteiger partial charge in [0.15, 0.2) is 0 Å². The van der Waals surface area contributed by atoms with Gasteiger partial charge in [-0.3, -0.25) is 0 Å². The SMILES string of the molecule is O=C(NCC1CNCCOC1)Nc1ccccc1Cl. The van der Waals surface area contributed by atoms with E-state index in [4.69, 9.17) is 16.3 Å². The molecule has 0 bridgehead atoms. The fraction of sp³-hybridized carbons (Fsp3) is 0.462. The maximum absolute atomic E-state index is 11.8. The molecule has 2 rings (SSSR count). The van der Waals surface area contributed by atoms with E-state index in [1.807, 2.05) is 12.1 Å². The molecule has 104 valence electrons. The van der Waals surface area contributed by atoms with Crippen molar-refractivity contribution in [1.82, 2.24) is 10.6 Å². The van der Waals surface area contributed by atoms with Crippen molar-refractivity contribution >= 4 is 23.3 Å². The summed E-state index contributed by atoms with van der Waals surface area (Å²) in [5.74, 6) is 0.291. The van der Waals surface area contributed by atoms with Crippen LogP contribution in [-0.4, -0.2) is 38.9 Å². The van der Waals surface area contributed by atoms with Crippen molar-refractivity contribution < 1.29 is 9.53 Å². The van der Waals surface area contributed by atoms with Gasteiger partial charge in [0, 0.05) is 25.6 Å². The predicted octanol–water partition coefficient (Wildman–Crippen LogP) is 1.70. The number of ether oxygens (including phenoxy) is 1. The van der Waals surface area contributed by atoms with E-state index in [0.29, 0.717) is 29.8 Å². The lowest BCUT2D eigenvalue weighted by molar-refractivity contribution is 0.123. The fourth-order valence-corrected chi connectivity index (χ4v) is 2.04. The van der Waals surface area contributed by atoms with Gasteiger partial charge in [-0.1, -0.05) is 23.7 Å². The number of hydrogen-bond acceptors (Lipinski definition) is 3. The molecular weight excluding hydrogens is 266 g/mol. The monoisotopic (exact) mass is 283 g/mol. The summed E-state index contributed by atoms with van der Waals surface area (Å²) >= 11 is 5.97. The molecule has 1 saturated heterocycles. The highest BCUT2D eigenvalue weighted by Crippen LogP contribution is 2.19. The van der Waals surface area contributed by atoms with E-state index in [9.17, 15) is 4.79 Å². The number of halogens is 1. The Kier molecular flexibility index (Phi) is 5.44. The van der Waals surface area contributed by atoms with Gasteiger partial charge in [-0.25, -0.2) is 4.79 Å². The lowest BCUT2D eigenvalue weighted by Gasteiger charge is -2.15. The molecule has 1 aliphatic heterocycles. The van der Waals surface area contributed by atoms with Gasteiger partial charge >= 0.3 is 6.03 Å². The molecule has 1 fully saturated rings. The standard InChI is InChI=1S/C13H18ClN3O2/c14-11-3-1-2-4-12(11)17-13(18)16-8-10-7-15-5-6-19-9-10/h1-4,10,15H,5-9H2,(H2,16,17,18). The predicted molar refractivity (Wildman–Crippen MR) is 75.7 cm³/mol. The van der Waals surface area contributed by atoms with E-state index >= 15 is 0 Å². The summed E-state index contributed by atoms with van der Waals surface area (Å²) in [6.07, 6.45) is 0. The van der Waals surface area contributed by atoms with Gasteiger partial charge in [-0.05, 0) is 12.1 Å². The molecule has 1 aromatic carbocycles. The van der Waals surface area contributed by atoms with Crippen molar-refractivity contribution in [2.45, 2.75) is 0 Å². The van der Waals surface area contributed by atoms with Crippen LogP contribution in [0.1, 0.15) is 0 Å². The second kappa shape index (κ2) is 7.33. The Morgan fingerprint density at radius 2 is 2.32 bits per heavy atom. The van der Waals surface area contributed by atoms with E-state index in [0.717, 1.165) is 19.7 Å². The van der Waals surface area contributed by atoms with Crippen LogP contribution in [0.3, 0.4) is 0 Å². The van der Waals surface area contributed by atoms with Crippen LogP contribution in [0.5, 0.6) is 0 Å². The highest BCUT2D eigenvalue weighted by atomic mass is 35.5. The lowest BCUT2D eigenvalue weighted by atomic mass is 10.1. The third kappa shape index (κ3) is 4.70. The fourth-order valence-electron chi connectivity index (χ4n) is 1.86. The maximum atomic E-state index is 11.8. The van der Waals surface area contributed by atoms with Gasteiger partial charge in [0.25, 0.3) is 0 Å². The number of nitrogens with one attached hydrogen (secondary N) is 3. The Hall–Kier alpha value is -1.30. The normalized spacial score (nSPS) is 19.5. The Morgan fingerprint density at radius 3 is 3.16 bits per heavy atom. The first-order valence-corrected chi connectivity index (χ1v) is 6.71. The molecule has 1 aromatic rings. The van der Waals surface area contributed by atoms with Crippen LogP contribution < -0.4 is 16.0 Å². The number of rotatable bonds is 3. The summed E-state index contributed by atoms with van der Waals surface area (Å²) in [5.41, 5.74) is 0.608. The van der Waals surface area contributed by atoms with E-state index in [1.54, 1.807) is 12.1 Å². The summed E-state index contributed by atoms with van der Waals surface area (Å²) in [7, 11) is 0. The molecule has 5 nitrogen and oxygen atoms in total. The second-order valence-electron chi connectivity index (χ2n) is 4.46. The number of anilines is 1. The first-order valence-electron chi connectivity index (χ1n) is 6.33. The zero-order valence-corrected chi connectivity index (χ0v) is 11.4. The zero-order chi connectivity index (χ0) is 13.5. The van der Waals surface area contributed by atoms with Gasteiger partial charge in [0.05, 0.1) is 23.9 Å². The van der Waals surface area contributed by atoms with E-state index in [-0.39, 0.29) is 6.03 Å². The first-order chi connectivity index (χ1) is 9.25. The maximum Gasteiger partial charge on any atom is 0.319 e. The number of urea groups is 1. The highest BCUT2D eigenvalue weighted by molar-refractivity contribution is 6.33. The number of carbonyl (C=O) groups is 1. The van der Waals surface area contributed by atoms with Crippen LogP contribution in [0.15, 0.2) is 24.3 Å². The Balaban J connectivity index is 1.76. The minimum atomic E-state index is -0.252. The minimum absolute atomic E-state index is 0.252. The van der Waals surface area contributed by atoms with Crippen molar-refractivity contribution in [1.29, 1.82) is 0 Å². The topological polar surface area (TPSA) is 62.4 Å². The van der Waals surface area contributed by atoms with Gasteiger partial charge in [0.2, 0.25) is 0 Å². The lowest BCUT2D eigenvalue weighted by Crippen LogP contribution is -2.37. The van der Waals surface area contributed by atoms with Crippen LogP contribution in [-0.2, 0) is 4.74 Å². The molecule has 3 N–H and O–H groups in total. The van der Waals surface area contributed by atoms with E-state index in [1.165, 1.54) is 0 Å². The van der Waals surface area contributed by atoms with Crippen molar-refractivity contribution in [3.05, 3.63) is 29.3 Å². The molecule has 0 aliphatic carbocycles. The molecule has 1 heterocycles. The van der Waals surface area contributed by atoms with Crippen molar-refractivity contribution in [2.75, 3.05) is 38.2 Å². The number of carbonyl (C=O) groups excluding carboxylic acids is 1. The largest absolute Gasteiger partial charge is 0.380 e. The van der Waals surface area contributed by atoms with E-state index < -0.39 is 0 Å². The van der Waals surface area contributed by atoms with Crippen LogP contribution in [0.25, 0.3) is 0 Å². The van der Waals surface area contributed by atoms with Crippen molar-refractivity contribution in [3.8, 4) is 0 Å². The molecule has 0 spiro atoms. The Morgan fingerprint density at radius 1 is 1.47 bits per heavy atom.